The molecule has 0 bridgehead atoms. The highest BCUT2D eigenvalue weighted by Crippen LogP contribution is 2.51. The van der Waals surface area contributed by atoms with Gasteiger partial charge in [0.25, 0.3) is 0 Å². The van der Waals surface area contributed by atoms with Gasteiger partial charge in [-0.1, -0.05) is 30.3 Å². The van der Waals surface area contributed by atoms with Crippen molar-refractivity contribution in [2.75, 3.05) is 63.6 Å². The number of amides is 2. The van der Waals surface area contributed by atoms with E-state index in [0.717, 1.165) is 41.9 Å². The lowest BCUT2D eigenvalue weighted by Crippen LogP contribution is -2.59. The maximum atomic E-state index is 13.7. The highest BCUT2D eigenvalue weighted by molar-refractivity contribution is 5.98. The zero-order valence-electron chi connectivity index (χ0n) is 22.0. The summed E-state index contributed by atoms with van der Waals surface area (Å²) in [7, 11) is 4.19. The maximum absolute atomic E-state index is 13.7. The van der Waals surface area contributed by atoms with Crippen LogP contribution in [-0.4, -0.2) is 91.6 Å². The van der Waals surface area contributed by atoms with E-state index in [4.69, 9.17) is 4.74 Å². The molecule has 3 aliphatic rings. The SMILES string of the molecule is CC(=O)N1CCN(C(=O)C2(C#N)Nc3cc(C)c(-c4ccccc4)c(N4CC[C@H](N(C)C)C4)c3O2)CC1. The van der Waals surface area contributed by atoms with Gasteiger partial charge in [-0.15, -0.1) is 0 Å². The molecule has 2 aromatic rings. The van der Waals surface area contributed by atoms with E-state index < -0.39 is 11.6 Å². The molecular weight excluding hydrogens is 468 g/mol. The molecular formula is C28H34N6O3. The summed E-state index contributed by atoms with van der Waals surface area (Å²) in [4.78, 5) is 33.3. The lowest BCUT2D eigenvalue weighted by atomic mass is 9.96. The minimum absolute atomic E-state index is 0.0139. The van der Waals surface area contributed by atoms with Gasteiger partial charge in [-0.2, -0.15) is 5.26 Å². The van der Waals surface area contributed by atoms with Crippen LogP contribution in [0.3, 0.4) is 0 Å². The van der Waals surface area contributed by atoms with Crippen molar-refractivity contribution in [3.63, 3.8) is 0 Å². The molecule has 2 atom stereocenters. The predicted molar refractivity (Wildman–Crippen MR) is 142 cm³/mol. The minimum atomic E-state index is -1.85. The van der Waals surface area contributed by atoms with Crippen LogP contribution in [0, 0.1) is 18.3 Å². The lowest BCUT2D eigenvalue weighted by molar-refractivity contribution is -0.145. The largest absolute Gasteiger partial charge is 0.443 e. The molecule has 0 spiro atoms. The number of rotatable bonds is 4. The summed E-state index contributed by atoms with van der Waals surface area (Å²) >= 11 is 0. The van der Waals surface area contributed by atoms with Crippen LogP contribution < -0.4 is 15.0 Å². The molecule has 9 heteroatoms. The number of nitriles is 1. The molecule has 2 amide bonds. The van der Waals surface area contributed by atoms with Gasteiger partial charge in [0, 0.05) is 57.8 Å². The van der Waals surface area contributed by atoms with Crippen molar-refractivity contribution >= 4 is 23.2 Å². The van der Waals surface area contributed by atoms with E-state index in [9.17, 15) is 14.9 Å². The maximum Gasteiger partial charge on any atom is 0.350 e. The van der Waals surface area contributed by atoms with E-state index in [0.29, 0.717) is 43.7 Å². The van der Waals surface area contributed by atoms with Crippen molar-refractivity contribution in [2.24, 2.45) is 0 Å². The summed E-state index contributed by atoms with van der Waals surface area (Å²) in [6, 6.07) is 14.7. The van der Waals surface area contributed by atoms with Gasteiger partial charge in [0.1, 0.15) is 6.07 Å². The quantitative estimate of drug-likeness (QED) is 0.687. The molecule has 2 fully saturated rings. The molecule has 37 heavy (non-hydrogen) atoms. The Balaban J connectivity index is 1.54. The first-order chi connectivity index (χ1) is 17.7. The van der Waals surface area contributed by atoms with Crippen LogP contribution in [0.5, 0.6) is 5.75 Å². The first-order valence-electron chi connectivity index (χ1n) is 12.8. The van der Waals surface area contributed by atoms with Crippen molar-refractivity contribution in [3.05, 3.63) is 42.0 Å². The molecule has 0 radical (unpaired) electrons. The van der Waals surface area contributed by atoms with Crippen LogP contribution in [0.15, 0.2) is 36.4 Å². The van der Waals surface area contributed by atoms with Crippen LogP contribution in [-0.2, 0) is 9.59 Å². The number of anilines is 2. The normalized spacial score (nSPS) is 22.9. The fraction of sp³-hybridized carbons (Fsp3) is 0.464. The van der Waals surface area contributed by atoms with E-state index in [1.807, 2.05) is 24.3 Å². The number of fused-ring (bicyclic) bond motifs is 1. The van der Waals surface area contributed by atoms with Crippen LogP contribution in [0.25, 0.3) is 11.1 Å². The number of nitrogens with zero attached hydrogens (tertiary/aromatic N) is 5. The average Bonchev–Trinajstić information content (AvgIpc) is 3.54. The number of hydrogen-bond donors (Lipinski definition) is 1. The second-order valence-corrected chi connectivity index (χ2v) is 10.3. The number of likely N-dealkylation sites (N-methyl/N-ethyl adjacent to an activating group) is 1. The molecule has 2 saturated heterocycles. The zero-order chi connectivity index (χ0) is 26.3. The number of carbonyl (C=O) groups excluding carboxylic acids is 2. The minimum Gasteiger partial charge on any atom is -0.443 e. The fourth-order valence-corrected chi connectivity index (χ4v) is 5.63. The third-order valence-electron chi connectivity index (χ3n) is 7.76. The van der Waals surface area contributed by atoms with E-state index in [2.05, 4.69) is 54.3 Å². The Bertz CT molecular complexity index is 1250. The summed E-state index contributed by atoms with van der Waals surface area (Å²) in [6.07, 6.45) is 1.01. The van der Waals surface area contributed by atoms with Crippen molar-refractivity contribution in [1.82, 2.24) is 14.7 Å². The van der Waals surface area contributed by atoms with E-state index >= 15 is 0 Å². The van der Waals surface area contributed by atoms with Crippen LogP contribution in [0.2, 0.25) is 0 Å². The predicted octanol–water partition coefficient (Wildman–Crippen LogP) is 2.52. The van der Waals surface area contributed by atoms with Crippen molar-refractivity contribution in [2.45, 2.75) is 32.0 Å². The Kier molecular flexibility index (Phi) is 6.46. The highest BCUT2D eigenvalue weighted by Gasteiger charge is 2.51. The number of ether oxygens (including phenoxy) is 1. The van der Waals surface area contributed by atoms with Crippen LogP contribution >= 0.6 is 0 Å². The first-order valence-corrected chi connectivity index (χ1v) is 12.8. The van der Waals surface area contributed by atoms with Gasteiger partial charge >= 0.3 is 11.6 Å². The zero-order valence-corrected chi connectivity index (χ0v) is 22.0. The number of nitrogens with one attached hydrogen (secondary N) is 1. The Morgan fingerprint density at radius 3 is 2.38 bits per heavy atom. The third kappa shape index (κ3) is 4.36. The summed E-state index contributed by atoms with van der Waals surface area (Å²) in [5, 5.41) is 13.4. The number of aryl methyl sites for hydroxylation is 1. The topological polar surface area (TPSA) is 92.1 Å². The smallest absolute Gasteiger partial charge is 0.350 e. The molecule has 1 N–H and O–H groups in total. The monoisotopic (exact) mass is 502 g/mol. The first kappa shape index (κ1) is 24.9. The Hall–Kier alpha value is -3.77. The van der Waals surface area contributed by atoms with Crippen LogP contribution in [0.1, 0.15) is 18.9 Å². The summed E-state index contributed by atoms with van der Waals surface area (Å²) < 4.78 is 6.39. The molecule has 0 aliphatic carbocycles. The third-order valence-corrected chi connectivity index (χ3v) is 7.76. The molecule has 9 nitrogen and oxygen atoms in total. The van der Waals surface area contributed by atoms with E-state index in [1.54, 1.807) is 9.80 Å². The van der Waals surface area contributed by atoms with Gasteiger partial charge in [-0.25, -0.2) is 0 Å². The molecule has 194 valence electrons. The van der Waals surface area contributed by atoms with Gasteiger partial charge < -0.3 is 29.7 Å². The highest BCUT2D eigenvalue weighted by atomic mass is 16.5. The Morgan fingerprint density at radius 2 is 1.78 bits per heavy atom. The number of hydrogen-bond acceptors (Lipinski definition) is 7. The van der Waals surface area contributed by atoms with E-state index in [1.165, 1.54) is 6.92 Å². The Morgan fingerprint density at radius 1 is 1.11 bits per heavy atom. The number of carbonyl (C=O) groups is 2. The van der Waals surface area contributed by atoms with Gasteiger partial charge in [0.2, 0.25) is 5.91 Å². The lowest BCUT2D eigenvalue weighted by Gasteiger charge is -2.36. The van der Waals surface area contributed by atoms with Crippen molar-refractivity contribution in [1.29, 1.82) is 5.26 Å². The van der Waals surface area contributed by atoms with Crippen LogP contribution in [0.4, 0.5) is 11.4 Å². The standard InChI is InChI=1S/C28H34N6O3/c1-19-16-23-26(37-28(18-29,30-23)27(36)33-14-12-32(13-15-33)20(2)35)25(24(19)21-8-6-5-7-9-21)34-11-10-22(17-34)31(3)4/h5-9,16,22,30H,10-15,17H2,1-4H3/t22-,28?/m0/s1. The summed E-state index contributed by atoms with van der Waals surface area (Å²) in [6.45, 7) is 6.87. The second kappa shape index (κ2) is 9.60. The molecule has 3 aliphatic heterocycles. The fourth-order valence-electron chi connectivity index (χ4n) is 5.63. The molecule has 3 heterocycles. The Labute approximate surface area is 218 Å². The van der Waals surface area contributed by atoms with Crippen molar-refractivity contribution in [3.8, 4) is 22.9 Å². The van der Waals surface area contributed by atoms with Gasteiger partial charge in [-0.3, -0.25) is 9.59 Å². The molecule has 5 rings (SSSR count). The summed E-state index contributed by atoms with van der Waals surface area (Å²) in [5.74, 6) is 0.105. The second-order valence-electron chi connectivity index (χ2n) is 10.3. The van der Waals surface area contributed by atoms with Gasteiger partial charge in [-0.05, 0) is 44.6 Å². The summed E-state index contributed by atoms with van der Waals surface area (Å²) in [5.41, 5.74) is 2.88. The van der Waals surface area contributed by atoms with Gasteiger partial charge in [0.05, 0.1) is 11.4 Å². The van der Waals surface area contributed by atoms with E-state index in [-0.39, 0.29) is 5.91 Å². The molecule has 0 saturated carbocycles. The average molecular weight is 503 g/mol. The molecule has 1 unspecified atom stereocenters. The van der Waals surface area contributed by atoms with Gasteiger partial charge in [0.15, 0.2) is 5.75 Å². The van der Waals surface area contributed by atoms with Crippen molar-refractivity contribution < 1.29 is 14.3 Å². The number of benzene rings is 2. The molecule has 0 aromatic heterocycles. The number of piperazine rings is 1. The molecule has 2 aromatic carbocycles.